The highest BCUT2D eigenvalue weighted by molar-refractivity contribution is 5.82. The molecule has 2 atom stereocenters. The fraction of sp³-hybridized carbons (Fsp3) is 0.929. The molecule has 0 aromatic carbocycles. The van der Waals surface area contributed by atoms with Crippen LogP contribution in [-0.2, 0) is 4.79 Å². The summed E-state index contributed by atoms with van der Waals surface area (Å²) < 4.78 is 0. The van der Waals surface area contributed by atoms with Crippen LogP contribution in [0, 0.1) is 0 Å². The largest absolute Gasteiger partial charge is 0.353 e. The minimum atomic E-state index is 0.0573. The number of hydrogen-bond acceptors (Lipinski definition) is 2. The molecule has 1 heterocycles. The van der Waals surface area contributed by atoms with Gasteiger partial charge in [-0.15, -0.1) is 0 Å². The van der Waals surface area contributed by atoms with Gasteiger partial charge in [-0.25, -0.2) is 0 Å². The number of piperazine rings is 1. The lowest BCUT2D eigenvalue weighted by molar-refractivity contribution is -0.125. The molecule has 0 radical (unpaired) electrons. The van der Waals surface area contributed by atoms with Crippen molar-refractivity contribution in [1.82, 2.24) is 10.6 Å². The summed E-state index contributed by atoms with van der Waals surface area (Å²) in [6.45, 7) is 5.23. The number of nitrogens with one attached hydrogen (secondary N) is 2. The first-order valence-electron chi connectivity index (χ1n) is 7.31. The number of carbonyl (C=O) groups excluding carboxylic acids is 1. The Morgan fingerprint density at radius 3 is 2.35 bits per heavy atom. The highest BCUT2D eigenvalue weighted by Crippen LogP contribution is 2.11. The van der Waals surface area contributed by atoms with E-state index >= 15 is 0 Å². The molecule has 2 N–H and O–H groups in total. The molecule has 3 heteroatoms. The van der Waals surface area contributed by atoms with Gasteiger partial charge in [0.25, 0.3) is 0 Å². The first-order valence-corrected chi connectivity index (χ1v) is 7.31. The number of unbranched alkanes of at least 4 members (excludes halogenated alkanes) is 4. The van der Waals surface area contributed by atoms with Crippen LogP contribution in [0.4, 0.5) is 0 Å². The third kappa shape index (κ3) is 5.53. The lowest BCUT2D eigenvalue weighted by Crippen LogP contribution is -2.58. The van der Waals surface area contributed by atoms with Gasteiger partial charge in [-0.1, -0.05) is 52.4 Å². The molecule has 1 fully saturated rings. The molecule has 1 aliphatic rings. The van der Waals surface area contributed by atoms with Gasteiger partial charge in [-0.2, -0.15) is 0 Å². The maximum atomic E-state index is 11.7. The zero-order chi connectivity index (χ0) is 12.5. The Hall–Kier alpha value is -0.570. The quantitative estimate of drug-likeness (QED) is 0.640. The summed E-state index contributed by atoms with van der Waals surface area (Å²) in [6.07, 6.45) is 9.61. The summed E-state index contributed by atoms with van der Waals surface area (Å²) >= 11 is 0. The Balaban J connectivity index is 2.24. The van der Waals surface area contributed by atoms with E-state index in [9.17, 15) is 4.79 Å². The summed E-state index contributed by atoms with van der Waals surface area (Å²) in [5, 5.41) is 6.54. The van der Waals surface area contributed by atoms with Crippen molar-refractivity contribution in [3.05, 3.63) is 0 Å². The van der Waals surface area contributed by atoms with Gasteiger partial charge in [0.05, 0.1) is 6.04 Å². The van der Waals surface area contributed by atoms with Crippen LogP contribution >= 0.6 is 0 Å². The van der Waals surface area contributed by atoms with Crippen LogP contribution in [0.15, 0.2) is 0 Å². The van der Waals surface area contributed by atoms with Crippen molar-refractivity contribution in [2.75, 3.05) is 6.54 Å². The highest BCUT2D eigenvalue weighted by atomic mass is 16.2. The molecular weight excluding hydrogens is 212 g/mol. The number of hydrogen-bond donors (Lipinski definition) is 2. The maximum Gasteiger partial charge on any atom is 0.237 e. The average Bonchev–Trinajstić information content (AvgIpc) is 2.33. The topological polar surface area (TPSA) is 41.1 Å². The van der Waals surface area contributed by atoms with Gasteiger partial charge >= 0.3 is 0 Å². The summed E-state index contributed by atoms with van der Waals surface area (Å²) in [6, 6.07) is 0.549. The molecule has 17 heavy (non-hydrogen) atoms. The first-order chi connectivity index (χ1) is 8.27. The third-order valence-corrected chi connectivity index (χ3v) is 3.53. The molecule has 1 rings (SSSR count). The molecular formula is C14H28N2O. The second kappa shape index (κ2) is 8.51. The van der Waals surface area contributed by atoms with E-state index in [1.807, 2.05) is 0 Å². The van der Waals surface area contributed by atoms with Crippen LogP contribution < -0.4 is 10.6 Å². The number of carbonyl (C=O) groups is 1. The number of amides is 1. The molecule has 1 amide bonds. The molecule has 0 unspecified atom stereocenters. The van der Waals surface area contributed by atoms with E-state index in [4.69, 9.17) is 0 Å². The first kappa shape index (κ1) is 14.5. The van der Waals surface area contributed by atoms with Crippen LogP contribution in [0.2, 0.25) is 0 Å². The monoisotopic (exact) mass is 240 g/mol. The van der Waals surface area contributed by atoms with E-state index in [0.29, 0.717) is 6.04 Å². The van der Waals surface area contributed by atoms with Crippen LogP contribution in [0.25, 0.3) is 0 Å². The molecule has 100 valence electrons. The fourth-order valence-electron chi connectivity index (χ4n) is 2.41. The van der Waals surface area contributed by atoms with Gasteiger partial charge in [0.1, 0.15) is 0 Å². The van der Waals surface area contributed by atoms with Gasteiger partial charge in [0.15, 0.2) is 0 Å². The fourth-order valence-corrected chi connectivity index (χ4v) is 2.41. The van der Waals surface area contributed by atoms with E-state index < -0.39 is 0 Å². The standard InChI is InChI=1S/C14H28N2O/c1-3-5-7-9-12-11-15-14(17)13(16-12)10-8-6-4-2/h12-13,16H,3-11H2,1-2H3,(H,15,17)/t12-,13+/m0/s1. The van der Waals surface area contributed by atoms with Crippen molar-refractivity contribution in [3.8, 4) is 0 Å². The van der Waals surface area contributed by atoms with Gasteiger partial charge in [0, 0.05) is 12.6 Å². The zero-order valence-electron chi connectivity index (χ0n) is 11.4. The Bertz CT molecular complexity index is 218. The summed E-state index contributed by atoms with van der Waals surface area (Å²) in [5.41, 5.74) is 0. The van der Waals surface area contributed by atoms with Crippen molar-refractivity contribution >= 4 is 5.91 Å². The van der Waals surface area contributed by atoms with E-state index in [1.165, 1.54) is 38.5 Å². The predicted octanol–water partition coefficient (Wildman–Crippen LogP) is 2.60. The van der Waals surface area contributed by atoms with E-state index in [0.717, 1.165) is 19.4 Å². The second-order valence-electron chi connectivity index (χ2n) is 5.15. The van der Waals surface area contributed by atoms with Crippen LogP contribution in [-0.4, -0.2) is 24.5 Å². The van der Waals surface area contributed by atoms with Crippen molar-refractivity contribution in [2.45, 2.75) is 77.3 Å². The summed E-state index contributed by atoms with van der Waals surface area (Å²) in [7, 11) is 0. The Kier molecular flexibility index (Phi) is 7.25. The second-order valence-corrected chi connectivity index (χ2v) is 5.15. The van der Waals surface area contributed by atoms with Crippen molar-refractivity contribution < 1.29 is 4.79 Å². The van der Waals surface area contributed by atoms with Gasteiger partial charge < -0.3 is 10.6 Å². The molecule has 0 spiro atoms. The average molecular weight is 240 g/mol. The van der Waals surface area contributed by atoms with Crippen LogP contribution in [0.5, 0.6) is 0 Å². The Morgan fingerprint density at radius 2 is 1.71 bits per heavy atom. The van der Waals surface area contributed by atoms with Gasteiger partial charge in [-0.05, 0) is 12.8 Å². The minimum Gasteiger partial charge on any atom is -0.353 e. The molecule has 1 aliphatic heterocycles. The van der Waals surface area contributed by atoms with Crippen molar-refractivity contribution in [1.29, 1.82) is 0 Å². The lowest BCUT2D eigenvalue weighted by atomic mass is 10.0. The molecule has 0 bridgehead atoms. The van der Waals surface area contributed by atoms with Crippen LogP contribution in [0.1, 0.15) is 65.2 Å². The van der Waals surface area contributed by atoms with E-state index in [2.05, 4.69) is 24.5 Å². The molecule has 0 aromatic rings. The Morgan fingerprint density at radius 1 is 1.06 bits per heavy atom. The Labute approximate surface area is 106 Å². The van der Waals surface area contributed by atoms with E-state index in [1.54, 1.807) is 0 Å². The maximum absolute atomic E-state index is 11.7. The molecule has 1 saturated heterocycles. The van der Waals surface area contributed by atoms with Crippen molar-refractivity contribution in [2.24, 2.45) is 0 Å². The highest BCUT2D eigenvalue weighted by Gasteiger charge is 2.26. The van der Waals surface area contributed by atoms with E-state index in [-0.39, 0.29) is 11.9 Å². The minimum absolute atomic E-state index is 0.0573. The zero-order valence-corrected chi connectivity index (χ0v) is 11.4. The molecule has 0 aliphatic carbocycles. The molecule has 0 saturated carbocycles. The SMILES string of the molecule is CCCCC[C@H]1CNC(=O)[C@@H](CCCCC)N1. The van der Waals surface area contributed by atoms with Crippen LogP contribution in [0.3, 0.4) is 0 Å². The third-order valence-electron chi connectivity index (χ3n) is 3.53. The molecule has 0 aromatic heterocycles. The lowest BCUT2D eigenvalue weighted by Gasteiger charge is -2.31. The summed E-state index contributed by atoms with van der Waals surface area (Å²) in [4.78, 5) is 11.7. The smallest absolute Gasteiger partial charge is 0.237 e. The number of rotatable bonds is 8. The van der Waals surface area contributed by atoms with Gasteiger partial charge in [0.2, 0.25) is 5.91 Å². The van der Waals surface area contributed by atoms with Crippen molar-refractivity contribution in [3.63, 3.8) is 0 Å². The molecule has 3 nitrogen and oxygen atoms in total. The summed E-state index contributed by atoms with van der Waals surface area (Å²) in [5.74, 6) is 0.202. The van der Waals surface area contributed by atoms with Gasteiger partial charge in [-0.3, -0.25) is 4.79 Å². The normalized spacial score (nSPS) is 24.7. The predicted molar refractivity (Wildman–Crippen MR) is 72.0 cm³/mol.